The molecule has 0 radical (unpaired) electrons. The molecule has 1 heterocycles. The fourth-order valence-electron chi connectivity index (χ4n) is 1.98. The zero-order valence-electron chi connectivity index (χ0n) is 13.7. The van der Waals surface area contributed by atoms with E-state index in [1.165, 1.54) is 6.92 Å². The average Bonchev–Trinajstić information content (AvgIpc) is 2.94. The molecule has 0 fully saturated rings. The van der Waals surface area contributed by atoms with Gasteiger partial charge in [0, 0.05) is 0 Å². The Bertz CT molecular complexity index is 627. The molecule has 0 unspecified atom stereocenters. The molecule has 5 nitrogen and oxygen atoms in total. The molecule has 1 aliphatic rings. The maximum Gasteiger partial charge on any atom is 0.243 e. The van der Waals surface area contributed by atoms with E-state index in [4.69, 9.17) is 9.47 Å². The van der Waals surface area contributed by atoms with Crippen LogP contribution in [-0.2, 0) is 9.53 Å². The highest BCUT2D eigenvalue weighted by Gasteiger charge is 2.29. The number of ether oxygens (including phenoxy) is 2. The molecule has 1 aliphatic heterocycles. The third-order valence-corrected chi connectivity index (χ3v) is 3.32. The van der Waals surface area contributed by atoms with Crippen LogP contribution in [0.1, 0.15) is 33.3 Å². The van der Waals surface area contributed by atoms with Crippen molar-refractivity contribution in [3.8, 4) is 5.75 Å². The van der Waals surface area contributed by atoms with Crippen molar-refractivity contribution in [3.05, 3.63) is 35.4 Å². The van der Waals surface area contributed by atoms with Gasteiger partial charge in [-0.2, -0.15) is 0 Å². The number of ketones is 1. The van der Waals surface area contributed by atoms with Gasteiger partial charge < -0.3 is 9.47 Å². The van der Waals surface area contributed by atoms with Crippen LogP contribution in [0.15, 0.2) is 34.9 Å². The van der Waals surface area contributed by atoms with Crippen molar-refractivity contribution in [2.24, 2.45) is 5.10 Å². The van der Waals surface area contributed by atoms with Crippen LogP contribution in [-0.4, -0.2) is 36.1 Å². The molecule has 0 aliphatic carbocycles. The zero-order valence-corrected chi connectivity index (χ0v) is 13.7. The Morgan fingerprint density at radius 2 is 2.14 bits per heavy atom. The van der Waals surface area contributed by atoms with Gasteiger partial charge in [-0.15, -0.1) is 5.10 Å². The first-order valence-corrected chi connectivity index (χ1v) is 7.17. The lowest BCUT2D eigenvalue weighted by molar-refractivity contribution is -0.113. The third kappa shape index (κ3) is 3.67. The van der Waals surface area contributed by atoms with E-state index in [1.54, 1.807) is 13.2 Å². The lowest BCUT2D eigenvalue weighted by Gasteiger charge is -2.27. The van der Waals surface area contributed by atoms with Crippen molar-refractivity contribution < 1.29 is 14.3 Å². The molecule has 0 aromatic heterocycles. The van der Waals surface area contributed by atoms with E-state index in [-0.39, 0.29) is 11.3 Å². The molecule has 1 aromatic rings. The monoisotopic (exact) mass is 302 g/mol. The second-order valence-corrected chi connectivity index (χ2v) is 6.14. The number of carbonyl (C=O) groups excluding carboxylic acids is 1. The van der Waals surface area contributed by atoms with Crippen LogP contribution in [0, 0.1) is 0 Å². The van der Waals surface area contributed by atoms with Crippen LogP contribution < -0.4 is 4.74 Å². The fourth-order valence-corrected chi connectivity index (χ4v) is 1.98. The van der Waals surface area contributed by atoms with Crippen LogP contribution in [0.4, 0.5) is 0 Å². The van der Waals surface area contributed by atoms with Crippen molar-refractivity contribution in [2.75, 3.05) is 13.8 Å². The summed E-state index contributed by atoms with van der Waals surface area (Å²) in [5, 5.41) is 6.25. The molecular weight excluding hydrogens is 280 g/mol. The minimum Gasteiger partial charge on any atom is -0.497 e. The Kier molecular flexibility index (Phi) is 4.54. The molecule has 118 valence electrons. The largest absolute Gasteiger partial charge is 0.497 e. The van der Waals surface area contributed by atoms with Gasteiger partial charge in [-0.25, -0.2) is 0 Å². The Balaban J connectivity index is 2.35. The van der Waals surface area contributed by atoms with E-state index >= 15 is 0 Å². The molecule has 0 N–H and O–H groups in total. The lowest BCUT2D eigenvalue weighted by Crippen LogP contribution is -2.35. The number of rotatable bonds is 4. The molecular formula is C17H22N2O3. The topological polar surface area (TPSA) is 51.1 Å². The summed E-state index contributed by atoms with van der Waals surface area (Å²) in [6, 6.07) is 7.50. The van der Waals surface area contributed by atoms with Crippen LogP contribution >= 0.6 is 0 Å². The summed E-state index contributed by atoms with van der Waals surface area (Å²) < 4.78 is 10.8. The molecule has 0 amide bonds. The van der Waals surface area contributed by atoms with Crippen molar-refractivity contribution >= 4 is 17.8 Å². The predicted molar refractivity (Wildman–Crippen MR) is 86.6 cm³/mol. The van der Waals surface area contributed by atoms with E-state index in [1.807, 2.05) is 50.0 Å². The number of benzene rings is 1. The number of carbonyl (C=O) groups is 1. The molecule has 0 saturated carbocycles. The van der Waals surface area contributed by atoms with Gasteiger partial charge in [-0.1, -0.05) is 12.1 Å². The maximum absolute atomic E-state index is 12.0. The number of hydrogen-bond donors (Lipinski definition) is 0. The van der Waals surface area contributed by atoms with Crippen molar-refractivity contribution in [3.63, 3.8) is 0 Å². The normalized spacial score (nSPS) is 15.4. The van der Waals surface area contributed by atoms with Crippen LogP contribution in [0.5, 0.6) is 5.75 Å². The summed E-state index contributed by atoms with van der Waals surface area (Å²) in [4.78, 5) is 12.0. The van der Waals surface area contributed by atoms with Crippen LogP contribution in [0.25, 0.3) is 6.08 Å². The van der Waals surface area contributed by atoms with Gasteiger partial charge in [-0.05, 0) is 51.5 Å². The van der Waals surface area contributed by atoms with Gasteiger partial charge in [0.25, 0.3) is 0 Å². The first kappa shape index (κ1) is 16.1. The molecule has 1 aromatic carbocycles. The van der Waals surface area contributed by atoms with Gasteiger partial charge in [-0.3, -0.25) is 9.80 Å². The Morgan fingerprint density at radius 1 is 1.41 bits per heavy atom. The number of hydrogen-bond acceptors (Lipinski definition) is 5. The van der Waals surface area contributed by atoms with Gasteiger partial charge in [0.05, 0.1) is 18.2 Å². The molecule has 0 spiro atoms. The molecule has 0 saturated heterocycles. The first-order valence-electron chi connectivity index (χ1n) is 7.17. The second kappa shape index (κ2) is 6.22. The second-order valence-electron chi connectivity index (χ2n) is 6.14. The molecule has 0 bridgehead atoms. The van der Waals surface area contributed by atoms with Crippen molar-refractivity contribution in [1.29, 1.82) is 0 Å². The van der Waals surface area contributed by atoms with Crippen molar-refractivity contribution in [1.82, 2.24) is 5.01 Å². The highest BCUT2D eigenvalue weighted by Crippen LogP contribution is 2.22. The number of Topliss-reactive ketones (excluding diaryl/α,β-unsaturated/α-hetero) is 1. The Hall–Kier alpha value is -2.30. The van der Waals surface area contributed by atoms with Gasteiger partial charge in [0.1, 0.15) is 5.75 Å². The quantitative estimate of drug-likeness (QED) is 0.802. The van der Waals surface area contributed by atoms with E-state index in [0.29, 0.717) is 18.2 Å². The SMILES string of the molecule is COc1cccc(/C=C(/C(C)=O)C2=NN(C(C)(C)C)CO2)c1. The Morgan fingerprint density at radius 3 is 2.68 bits per heavy atom. The molecule has 2 rings (SSSR count). The highest BCUT2D eigenvalue weighted by molar-refractivity contribution is 6.21. The van der Waals surface area contributed by atoms with Gasteiger partial charge in [0.2, 0.25) is 5.90 Å². The molecule has 5 heteroatoms. The summed E-state index contributed by atoms with van der Waals surface area (Å²) in [5.41, 5.74) is 1.17. The molecule has 0 atom stereocenters. The standard InChI is InChI=1S/C17H22N2O3/c1-12(20)15(10-13-7-6-8-14(9-13)21-5)16-18-19(11-22-16)17(2,3)4/h6-10H,11H2,1-5H3/b15-10-. The smallest absolute Gasteiger partial charge is 0.243 e. The summed E-state index contributed by atoms with van der Waals surface area (Å²) in [6.07, 6.45) is 1.77. The summed E-state index contributed by atoms with van der Waals surface area (Å²) >= 11 is 0. The number of nitrogens with zero attached hydrogens (tertiary/aromatic N) is 2. The minimum absolute atomic E-state index is 0.0858. The maximum atomic E-state index is 12.0. The van der Waals surface area contributed by atoms with E-state index < -0.39 is 0 Å². The van der Waals surface area contributed by atoms with E-state index in [9.17, 15) is 4.79 Å². The van der Waals surface area contributed by atoms with Gasteiger partial charge in [0.15, 0.2) is 12.5 Å². The zero-order chi connectivity index (χ0) is 16.3. The average molecular weight is 302 g/mol. The predicted octanol–water partition coefficient (Wildman–Crippen LogP) is 3.07. The summed E-state index contributed by atoms with van der Waals surface area (Å²) in [6.45, 7) is 7.99. The Labute approximate surface area is 131 Å². The summed E-state index contributed by atoms with van der Waals surface area (Å²) in [7, 11) is 1.61. The molecule has 22 heavy (non-hydrogen) atoms. The van der Waals surface area contributed by atoms with E-state index in [0.717, 1.165) is 11.3 Å². The van der Waals surface area contributed by atoms with Crippen LogP contribution in [0.2, 0.25) is 0 Å². The number of methoxy groups -OCH3 is 1. The third-order valence-electron chi connectivity index (χ3n) is 3.32. The van der Waals surface area contributed by atoms with Gasteiger partial charge >= 0.3 is 0 Å². The van der Waals surface area contributed by atoms with E-state index in [2.05, 4.69) is 5.10 Å². The lowest BCUT2D eigenvalue weighted by atomic mass is 10.1. The highest BCUT2D eigenvalue weighted by atomic mass is 16.5. The number of hydrazone groups is 1. The summed E-state index contributed by atoms with van der Waals surface area (Å²) in [5.74, 6) is 1.02. The first-order chi connectivity index (χ1) is 10.3. The van der Waals surface area contributed by atoms with Crippen molar-refractivity contribution in [2.45, 2.75) is 33.2 Å². The fraction of sp³-hybridized carbons (Fsp3) is 0.412. The van der Waals surface area contributed by atoms with Crippen LogP contribution in [0.3, 0.4) is 0 Å². The minimum atomic E-state index is -0.153.